The lowest BCUT2D eigenvalue weighted by molar-refractivity contribution is 0.484. The Balaban J connectivity index is 1.83. The first kappa shape index (κ1) is 17.8. The minimum absolute atomic E-state index is 0.889. The molecule has 0 spiro atoms. The summed E-state index contributed by atoms with van der Waals surface area (Å²) in [5, 5.41) is 0. The maximum atomic E-state index is 6.09. The van der Waals surface area contributed by atoms with Crippen molar-refractivity contribution in [2.24, 2.45) is 0 Å². The van der Waals surface area contributed by atoms with Gasteiger partial charge in [-0.15, -0.1) is 0 Å². The molecular formula is C20H27O2P. The van der Waals surface area contributed by atoms with E-state index in [2.05, 4.69) is 6.92 Å². The van der Waals surface area contributed by atoms with Crippen LogP contribution in [0.4, 0.5) is 0 Å². The van der Waals surface area contributed by atoms with Gasteiger partial charge in [0.2, 0.25) is 0 Å². The van der Waals surface area contributed by atoms with E-state index in [4.69, 9.17) is 9.05 Å². The molecule has 0 unspecified atom stereocenters. The Morgan fingerprint density at radius 1 is 0.652 bits per heavy atom. The largest absolute Gasteiger partial charge is 0.439 e. The summed E-state index contributed by atoms with van der Waals surface area (Å²) in [6.45, 7) is 2.25. The number of hydrogen-bond acceptors (Lipinski definition) is 2. The normalized spacial score (nSPS) is 10.7. The van der Waals surface area contributed by atoms with Gasteiger partial charge in [0.1, 0.15) is 11.5 Å². The van der Waals surface area contributed by atoms with Gasteiger partial charge >= 0.3 is 0 Å². The molecule has 2 nitrogen and oxygen atoms in total. The zero-order valence-electron chi connectivity index (χ0n) is 14.0. The molecule has 2 aromatic carbocycles. The molecule has 2 aromatic rings. The van der Waals surface area contributed by atoms with E-state index in [1.54, 1.807) is 0 Å². The summed E-state index contributed by atoms with van der Waals surface area (Å²) < 4.78 is 12.2. The third-order valence-corrected chi connectivity index (χ3v) is 5.11. The van der Waals surface area contributed by atoms with E-state index >= 15 is 0 Å². The van der Waals surface area contributed by atoms with Gasteiger partial charge in [-0.3, -0.25) is 0 Å². The van der Waals surface area contributed by atoms with Crippen molar-refractivity contribution < 1.29 is 9.05 Å². The number of unbranched alkanes of at least 4 members (excludes halogenated alkanes) is 5. The lowest BCUT2D eigenvalue weighted by atomic mass is 10.1. The molecule has 0 fully saturated rings. The molecule has 0 aliphatic heterocycles. The third kappa shape index (κ3) is 7.52. The van der Waals surface area contributed by atoms with Crippen LogP contribution >= 0.6 is 8.38 Å². The molecule has 0 N–H and O–H groups in total. The molecule has 0 saturated carbocycles. The van der Waals surface area contributed by atoms with E-state index in [1.165, 1.54) is 32.1 Å². The molecular weight excluding hydrogens is 303 g/mol. The van der Waals surface area contributed by atoms with E-state index in [1.807, 2.05) is 60.7 Å². The van der Waals surface area contributed by atoms with Gasteiger partial charge in [-0.25, -0.2) is 0 Å². The molecule has 3 heteroatoms. The fraction of sp³-hybridized carbons (Fsp3) is 0.400. The predicted molar refractivity (Wildman–Crippen MR) is 99.3 cm³/mol. The van der Waals surface area contributed by atoms with Crippen LogP contribution in [0.3, 0.4) is 0 Å². The Labute approximate surface area is 141 Å². The summed E-state index contributed by atoms with van der Waals surface area (Å²) in [5.74, 6) is 1.78. The molecule has 0 amide bonds. The summed E-state index contributed by atoms with van der Waals surface area (Å²) >= 11 is 0. The van der Waals surface area contributed by atoms with Crippen molar-refractivity contribution in [3.8, 4) is 11.5 Å². The topological polar surface area (TPSA) is 18.5 Å². The van der Waals surface area contributed by atoms with Gasteiger partial charge in [-0.2, -0.15) is 0 Å². The fourth-order valence-corrected chi connectivity index (χ4v) is 3.74. The summed E-state index contributed by atoms with van der Waals surface area (Å²) in [5.41, 5.74) is 0. The summed E-state index contributed by atoms with van der Waals surface area (Å²) in [4.78, 5) is 0. The van der Waals surface area contributed by atoms with Crippen molar-refractivity contribution in [3.63, 3.8) is 0 Å². The van der Waals surface area contributed by atoms with Crippen molar-refractivity contribution >= 4 is 8.38 Å². The minimum Gasteiger partial charge on any atom is -0.439 e. The average Bonchev–Trinajstić information content (AvgIpc) is 2.60. The standard InChI is InChI=1S/C20H27O2P/c1-2-3-4-5-6-13-18-23(21-19-14-9-7-10-15-19)22-20-16-11-8-12-17-20/h7-12,14-17H,2-6,13,18H2,1H3. The van der Waals surface area contributed by atoms with Crippen LogP contribution in [-0.2, 0) is 0 Å². The summed E-state index contributed by atoms with van der Waals surface area (Å²) in [6, 6.07) is 20.0. The fourth-order valence-electron chi connectivity index (χ4n) is 2.33. The highest BCUT2D eigenvalue weighted by Gasteiger charge is 2.14. The second-order valence-electron chi connectivity index (χ2n) is 5.63. The zero-order chi connectivity index (χ0) is 16.2. The van der Waals surface area contributed by atoms with Gasteiger partial charge < -0.3 is 9.05 Å². The van der Waals surface area contributed by atoms with Crippen molar-refractivity contribution in [3.05, 3.63) is 60.7 Å². The maximum absolute atomic E-state index is 6.09. The molecule has 0 radical (unpaired) electrons. The van der Waals surface area contributed by atoms with Crippen LogP contribution < -0.4 is 9.05 Å². The van der Waals surface area contributed by atoms with E-state index < -0.39 is 8.38 Å². The molecule has 23 heavy (non-hydrogen) atoms. The molecule has 0 saturated heterocycles. The van der Waals surface area contributed by atoms with Crippen molar-refractivity contribution in [1.82, 2.24) is 0 Å². The van der Waals surface area contributed by atoms with Gasteiger partial charge in [0.15, 0.2) is 0 Å². The van der Waals surface area contributed by atoms with Crippen LogP contribution in [-0.4, -0.2) is 6.16 Å². The number of hydrogen-bond donors (Lipinski definition) is 0. The summed E-state index contributed by atoms with van der Waals surface area (Å²) in [7, 11) is -0.938. The summed E-state index contributed by atoms with van der Waals surface area (Å²) in [6.07, 6.45) is 8.69. The molecule has 0 aliphatic rings. The van der Waals surface area contributed by atoms with Crippen LogP contribution in [0, 0.1) is 0 Å². The molecule has 0 heterocycles. The first-order valence-corrected chi connectivity index (χ1v) is 9.98. The average molecular weight is 330 g/mol. The number of benzene rings is 2. The Kier molecular flexibility index (Phi) is 8.58. The Hall–Kier alpha value is -1.53. The lowest BCUT2D eigenvalue weighted by Gasteiger charge is -2.18. The van der Waals surface area contributed by atoms with E-state index in [0.29, 0.717) is 0 Å². The van der Waals surface area contributed by atoms with E-state index in [9.17, 15) is 0 Å². The van der Waals surface area contributed by atoms with E-state index in [-0.39, 0.29) is 0 Å². The van der Waals surface area contributed by atoms with Crippen molar-refractivity contribution in [1.29, 1.82) is 0 Å². The predicted octanol–water partition coefficient (Wildman–Crippen LogP) is 6.82. The lowest BCUT2D eigenvalue weighted by Crippen LogP contribution is -2.00. The molecule has 2 rings (SSSR count). The van der Waals surface area contributed by atoms with Crippen LogP contribution in [0.15, 0.2) is 60.7 Å². The quantitative estimate of drug-likeness (QED) is 0.332. The molecule has 0 aliphatic carbocycles. The van der Waals surface area contributed by atoms with Gasteiger partial charge in [-0.05, 0) is 30.7 Å². The highest BCUT2D eigenvalue weighted by Crippen LogP contribution is 2.41. The number of para-hydroxylation sites is 2. The number of rotatable bonds is 11. The minimum atomic E-state index is -0.938. The zero-order valence-corrected chi connectivity index (χ0v) is 14.9. The smallest absolute Gasteiger partial charge is 0.290 e. The molecule has 0 aromatic heterocycles. The Morgan fingerprint density at radius 2 is 1.13 bits per heavy atom. The van der Waals surface area contributed by atoms with Crippen molar-refractivity contribution in [2.75, 3.05) is 6.16 Å². The van der Waals surface area contributed by atoms with E-state index in [0.717, 1.165) is 24.1 Å². The Morgan fingerprint density at radius 3 is 1.65 bits per heavy atom. The van der Waals surface area contributed by atoms with Gasteiger partial charge in [-0.1, -0.05) is 75.4 Å². The molecule has 0 atom stereocenters. The first-order chi connectivity index (χ1) is 11.4. The van der Waals surface area contributed by atoms with Crippen LogP contribution in [0.5, 0.6) is 11.5 Å². The van der Waals surface area contributed by atoms with Gasteiger partial charge in [0.25, 0.3) is 8.38 Å². The highest BCUT2D eigenvalue weighted by molar-refractivity contribution is 7.48. The van der Waals surface area contributed by atoms with Gasteiger partial charge in [0.05, 0.1) is 0 Å². The van der Waals surface area contributed by atoms with Crippen LogP contribution in [0.2, 0.25) is 0 Å². The van der Waals surface area contributed by atoms with Crippen LogP contribution in [0.1, 0.15) is 45.4 Å². The molecule has 124 valence electrons. The van der Waals surface area contributed by atoms with Gasteiger partial charge in [0, 0.05) is 6.16 Å². The van der Waals surface area contributed by atoms with Crippen LogP contribution in [0.25, 0.3) is 0 Å². The van der Waals surface area contributed by atoms with Crippen molar-refractivity contribution in [2.45, 2.75) is 45.4 Å². The molecule has 0 bridgehead atoms. The Bertz CT molecular complexity index is 474. The third-order valence-electron chi connectivity index (χ3n) is 3.60. The second-order valence-corrected chi connectivity index (χ2v) is 7.11. The SMILES string of the molecule is CCCCCCCCP(Oc1ccccc1)Oc1ccccc1. The monoisotopic (exact) mass is 330 g/mol. The highest BCUT2D eigenvalue weighted by atomic mass is 31.2. The first-order valence-electron chi connectivity index (χ1n) is 8.62. The maximum Gasteiger partial charge on any atom is 0.290 e. The second kappa shape index (κ2) is 11.1.